The Morgan fingerprint density at radius 1 is 1.39 bits per heavy atom. The van der Waals surface area contributed by atoms with Crippen molar-refractivity contribution in [2.75, 3.05) is 6.61 Å². The lowest BCUT2D eigenvalue weighted by atomic mass is 10.4. The normalized spacial score (nSPS) is 11.5. The van der Waals surface area contributed by atoms with Crippen molar-refractivity contribution in [1.29, 1.82) is 0 Å². The third kappa shape index (κ3) is 3.64. The Kier molecular flexibility index (Phi) is 4.93. The zero-order chi connectivity index (χ0) is 16.9. The van der Waals surface area contributed by atoms with E-state index in [4.69, 9.17) is 9.94 Å². The smallest absolute Gasteiger partial charge is 0.404 e. The predicted octanol–water partition coefficient (Wildman–Crippen LogP) is -0.205. The van der Waals surface area contributed by atoms with Gasteiger partial charge in [-0.3, -0.25) is 10.0 Å². The van der Waals surface area contributed by atoms with Gasteiger partial charge in [-0.25, -0.2) is 13.9 Å². The molecule has 1 aromatic carbocycles. The van der Waals surface area contributed by atoms with Gasteiger partial charge in [-0.2, -0.15) is 0 Å². The first kappa shape index (κ1) is 16.5. The molecule has 3 N–H and O–H groups in total. The number of aromatic nitrogens is 2. The number of H-pyrrole nitrogens is 1. The number of rotatable bonds is 6. The Balaban J connectivity index is 2.28. The van der Waals surface area contributed by atoms with E-state index in [1.54, 1.807) is 6.07 Å². The van der Waals surface area contributed by atoms with Crippen LogP contribution in [0.2, 0.25) is 0 Å². The van der Waals surface area contributed by atoms with Gasteiger partial charge in [0.2, 0.25) is 4.60 Å². The number of hydrogen-bond acceptors (Lipinski definition) is 7. The third-order valence-corrected chi connectivity index (χ3v) is 4.33. The van der Waals surface area contributed by atoms with Gasteiger partial charge in [0.25, 0.3) is 15.7 Å². The number of hydroxylamine groups is 1. The molecule has 122 valence electrons. The van der Waals surface area contributed by atoms with E-state index in [1.807, 2.05) is 5.16 Å². The molecule has 0 aliphatic rings. The van der Waals surface area contributed by atoms with Crippen LogP contribution in [0.4, 0.5) is 0 Å². The molecule has 23 heavy (non-hydrogen) atoms. The number of nitrogens with zero attached hydrogens (tertiary/aromatic N) is 1. The average Bonchev–Trinajstić information content (AvgIpc) is 2.93. The Hall–Kier alpha value is -2.92. The van der Waals surface area contributed by atoms with Gasteiger partial charge in [0.1, 0.15) is 6.61 Å². The van der Waals surface area contributed by atoms with Crippen LogP contribution in [-0.2, 0) is 14.6 Å². The highest BCUT2D eigenvalue weighted by Crippen LogP contribution is 2.24. The van der Waals surface area contributed by atoms with E-state index in [1.165, 1.54) is 35.8 Å². The number of ether oxygens (including phenoxy) is 1. The van der Waals surface area contributed by atoms with Gasteiger partial charge < -0.3 is 4.74 Å². The van der Waals surface area contributed by atoms with E-state index in [0.29, 0.717) is 0 Å². The van der Waals surface area contributed by atoms with Crippen molar-refractivity contribution in [3.63, 3.8) is 0 Å². The maximum Gasteiger partial charge on any atom is 0.404 e. The lowest BCUT2D eigenvalue weighted by molar-refractivity contribution is -0.744. The first-order chi connectivity index (χ1) is 11.0. The molecule has 0 saturated carbocycles. The second-order valence-corrected chi connectivity index (χ2v) is 5.96. The molecule has 2 aromatic rings. The Bertz CT molecular complexity index is 868. The molecular weight excluding hydrogens is 330 g/mol. The zero-order valence-electron chi connectivity index (χ0n) is 11.5. The number of hydrogen-bond donors (Lipinski definition) is 3. The fraction of sp³-hybridized carbons (Fsp3) is 0.0833. The number of benzene rings is 1. The summed E-state index contributed by atoms with van der Waals surface area (Å²) < 4.78 is 34.1. The minimum absolute atomic E-state index is 0.112. The summed E-state index contributed by atoms with van der Waals surface area (Å²) in [5.41, 5.74) is 1.37. The van der Waals surface area contributed by atoms with E-state index in [2.05, 4.69) is 4.63 Å². The molecular formula is C12H12N3O7S+. The van der Waals surface area contributed by atoms with Gasteiger partial charge in [-0.15, -0.1) is 0 Å². The van der Waals surface area contributed by atoms with Crippen LogP contribution in [0.25, 0.3) is 0 Å². The molecule has 10 nitrogen and oxygen atoms in total. The van der Waals surface area contributed by atoms with Crippen LogP contribution >= 0.6 is 0 Å². The molecule has 1 aromatic heterocycles. The summed E-state index contributed by atoms with van der Waals surface area (Å²) in [7, 11) is -4.16. The molecule has 2 rings (SSSR count). The Morgan fingerprint density at radius 2 is 2.09 bits per heavy atom. The number of nitrogens with one attached hydrogen (secondary N) is 2. The predicted molar refractivity (Wildman–Crippen MR) is 72.9 cm³/mol. The minimum Gasteiger partial charge on any atom is -0.452 e. The van der Waals surface area contributed by atoms with Crippen molar-refractivity contribution < 1.29 is 32.4 Å². The van der Waals surface area contributed by atoms with Crippen molar-refractivity contribution in [2.45, 2.75) is 9.92 Å². The number of sulfone groups is 1. The molecule has 0 saturated heterocycles. The fourth-order valence-corrected chi connectivity index (χ4v) is 2.91. The number of carbonyl (C=O) groups excluding carboxylic acids is 1. The number of aromatic amines is 1. The third-order valence-electron chi connectivity index (χ3n) is 2.59. The molecule has 1 amide bonds. The van der Waals surface area contributed by atoms with Crippen LogP contribution in [-0.4, -0.2) is 31.3 Å². The molecule has 0 aliphatic heterocycles. The van der Waals surface area contributed by atoms with E-state index in [-0.39, 0.29) is 16.1 Å². The maximum atomic E-state index is 12.4. The minimum atomic E-state index is -4.16. The maximum absolute atomic E-state index is 12.4. The first-order valence-electron chi connectivity index (χ1n) is 6.15. The molecule has 11 heteroatoms. The highest BCUT2D eigenvalue weighted by Gasteiger charge is 2.36. The highest BCUT2D eigenvalue weighted by atomic mass is 32.2. The lowest BCUT2D eigenvalue weighted by Gasteiger charge is -1.99. The van der Waals surface area contributed by atoms with Crippen molar-refractivity contribution in [3.05, 3.63) is 47.4 Å². The number of carbonyl (C=O) groups is 1. The van der Waals surface area contributed by atoms with Crippen LogP contribution in [0.15, 0.2) is 57.0 Å². The number of amides is 1. The summed E-state index contributed by atoms with van der Waals surface area (Å²) in [4.78, 5) is 22.2. The molecule has 0 radical (unpaired) electrons. The zero-order valence-corrected chi connectivity index (χ0v) is 12.3. The van der Waals surface area contributed by atoms with Gasteiger partial charge in [-0.05, 0) is 28.3 Å². The van der Waals surface area contributed by atoms with Crippen LogP contribution in [0, 0.1) is 4.91 Å². The largest absolute Gasteiger partial charge is 0.452 e. The molecule has 0 aliphatic carbocycles. The first-order valence-corrected chi connectivity index (χ1v) is 7.63. The summed E-state index contributed by atoms with van der Waals surface area (Å²) in [6.07, 6.45) is 2.15. The Morgan fingerprint density at radius 3 is 2.74 bits per heavy atom. The van der Waals surface area contributed by atoms with Crippen LogP contribution in [0.5, 0.6) is 5.88 Å². The summed E-state index contributed by atoms with van der Waals surface area (Å²) in [6.45, 7) is -0.249. The molecule has 0 fully saturated rings. The van der Waals surface area contributed by atoms with Crippen LogP contribution in [0.1, 0.15) is 0 Å². The van der Waals surface area contributed by atoms with Gasteiger partial charge in [0, 0.05) is 6.08 Å². The topological polar surface area (TPSA) is 145 Å². The van der Waals surface area contributed by atoms with E-state index >= 15 is 0 Å². The molecule has 1 heterocycles. The summed E-state index contributed by atoms with van der Waals surface area (Å²) >= 11 is 0. The molecule has 0 bridgehead atoms. The standard InChI is InChI=1S/C12H11N3O7S/c16-10(13-17)7-4-8-21-11-12(15(18)22-14-11)23(19,20)9-5-2-1-3-6-9/h1-7H,8H2,(H2-,13,14,16,17,18)/p+1/b7-4+. The van der Waals surface area contributed by atoms with E-state index < -0.39 is 26.7 Å². The second-order valence-electron chi connectivity index (χ2n) is 4.09. The van der Waals surface area contributed by atoms with Crippen molar-refractivity contribution >= 4 is 15.7 Å². The van der Waals surface area contributed by atoms with Crippen molar-refractivity contribution in [2.24, 2.45) is 0 Å². The van der Waals surface area contributed by atoms with Gasteiger partial charge >= 0.3 is 10.9 Å². The highest BCUT2D eigenvalue weighted by molar-refractivity contribution is 7.91. The SMILES string of the molecule is O=C(/C=C/COc1[nH]o[n+](=O)c1S(=O)(=O)c1ccccc1)NO. The average molecular weight is 342 g/mol. The van der Waals surface area contributed by atoms with E-state index in [0.717, 1.165) is 6.08 Å². The van der Waals surface area contributed by atoms with Gasteiger partial charge in [-0.1, -0.05) is 22.8 Å². The van der Waals surface area contributed by atoms with Crippen LogP contribution < -0.4 is 14.8 Å². The lowest BCUT2D eigenvalue weighted by Crippen LogP contribution is -2.21. The summed E-state index contributed by atoms with van der Waals surface area (Å²) in [5.74, 6) is -1.21. The monoisotopic (exact) mass is 342 g/mol. The molecule has 0 unspecified atom stereocenters. The van der Waals surface area contributed by atoms with Crippen molar-refractivity contribution in [3.8, 4) is 5.88 Å². The Labute approximate surface area is 129 Å². The quantitative estimate of drug-likeness (QED) is 0.374. The molecule has 0 spiro atoms. The summed E-state index contributed by atoms with van der Waals surface area (Å²) in [5, 5.41) is 9.59. The summed E-state index contributed by atoms with van der Waals surface area (Å²) in [6, 6.07) is 7.26. The van der Waals surface area contributed by atoms with E-state index in [9.17, 15) is 18.1 Å². The van der Waals surface area contributed by atoms with Crippen molar-refractivity contribution in [1.82, 2.24) is 10.6 Å². The molecule has 0 atom stereocenters. The van der Waals surface area contributed by atoms with Crippen LogP contribution in [0.3, 0.4) is 0 Å². The fourth-order valence-electron chi connectivity index (χ4n) is 1.60. The van der Waals surface area contributed by atoms with Gasteiger partial charge in [0.15, 0.2) is 0 Å². The van der Waals surface area contributed by atoms with Gasteiger partial charge in [0.05, 0.1) is 4.90 Å². The second kappa shape index (κ2) is 6.89.